The molecule has 2 aliphatic rings. The zero-order chi connectivity index (χ0) is 25.0. The highest BCUT2D eigenvalue weighted by atomic mass is 16.5. The van der Waals surface area contributed by atoms with Gasteiger partial charge in [0.2, 0.25) is 0 Å². The molecule has 3 aromatic rings. The van der Waals surface area contributed by atoms with Gasteiger partial charge in [-0.2, -0.15) is 0 Å². The first-order chi connectivity index (χ1) is 17.0. The van der Waals surface area contributed by atoms with E-state index in [1.54, 1.807) is 7.11 Å². The molecule has 7 nitrogen and oxygen atoms in total. The van der Waals surface area contributed by atoms with Crippen molar-refractivity contribution in [1.82, 2.24) is 14.9 Å². The van der Waals surface area contributed by atoms with Crippen molar-refractivity contribution in [1.29, 1.82) is 0 Å². The quantitative estimate of drug-likeness (QED) is 0.432. The molecule has 7 heteroatoms. The number of hydrogen-bond acceptors (Lipinski definition) is 6. The summed E-state index contributed by atoms with van der Waals surface area (Å²) in [5.74, 6) is 2.07. The lowest BCUT2D eigenvalue weighted by Gasteiger charge is -2.55. The van der Waals surface area contributed by atoms with Crippen molar-refractivity contribution in [3.05, 3.63) is 53.3 Å². The van der Waals surface area contributed by atoms with E-state index in [0.717, 1.165) is 55.7 Å². The van der Waals surface area contributed by atoms with Gasteiger partial charge in [-0.1, -0.05) is 12.1 Å². The molecular weight excluding hydrogens is 440 g/mol. The number of ether oxygens (including phenoxy) is 1. The fourth-order valence-electron chi connectivity index (χ4n) is 5.66. The lowest BCUT2D eigenvalue weighted by Crippen LogP contribution is -2.60. The molecule has 2 heterocycles. The van der Waals surface area contributed by atoms with Gasteiger partial charge in [-0.3, -0.25) is 0 Å². The summed E-state index contributed by atoms with van der Waals surface area (Å²) in [7, 11) is 3.68. The zero-order valence-corrected chi connectivity index (χ0v) is 21.1. The molecule has 1 saturated heterocycles. The second-order valence-corrected chi connectivity index (χ2v) is 10.0. The Kier molecular flexibility index (Phi) is 7.77. The number of hydrogen-bond donors (Lipinski definition) is 3. The Morgan fingerprint density at radius 2 is 2.00 bits per heavy atom. The second-order valence-electron chi connectivity index (χ2n) is 10.0. The van der Waals surface area contributed by atoms with Crippen LogP contribution in [0.4, 0.5) is 5.69 Å². The van der Waals surface area contributed by atoms with Gasteiger partial charge in [0.1, 0.15) is 18.4 Å². The third kappa shape index (κ3) is 5.07. The summed E-state index contributed by atoms with van der Waals surface area (Å²) in [5, 5.41) is 16.7. The van der Waals surface area contributed by atoms with Gasteiger partial charge >= 0.3 is 0 Å². The highest BCUT2D eigenvalue weighted by Crippen LogP contribution is 2.52. The number of aliphatic hydroxyl groups is 1. The lowest BCUT2D eigenvalue weighted by molar-refractivity contribution is -0.0980. The highest BCUT2D eigenvalue weighted by Gasteiger charge is 2.49. The van der Waals surface area contributed by atoms with Crippen LogP contribution >= 0.6 is 0 Å². The summed E-state index contributed by atoms with van der Waals surface area (Å²) in [4.78, 5) is 13.2. The van der Waals surface area contributed by atoms with Gasteiger partial charge in [0.05, 0.1) is 24.2 Å². The fraction of sp³-hybridized carbons (Fsp3) is 0.500. The highest BCUT2D eigenvalue weighted by molar-refractivity contribution is 5.85. The van der Waals surface area contributed by atoms with E-state index in [-0.39, 0.29) is 6.10 Å². The number of rotatable bonds is 9. The molecule has 1 spiro atoms. The van der Waals surface area contributed by atoms with E-state index in [1.807, 2.05) is 26.8 Å². The summed E-state index contributed by atoms with van der Waals surface area (Å²) < 4.78 is 7.95. The van der Waals surface area contributed by atoms with Crippen molar-refractivity contribution < 1.29 is 14.6 Å². The fourth-order valence-corrected chi connectivity index (χ4v) is 5.66. The first-order valence-electron chi connectivity index (χ1n) is 12.5. The smallest absolute Gasteiger partial charge is 0.119 e. The number of benzene rings is 2. The van der Waals surface area contributed by atoms with E-state index >= 15 is 0 Å². The number of nitrogens with one attached hydrogen (secondary N) is 2. The molecule has 2 aromatic carbocycles. The van der Waals surface area contributed by atoms with Gasteiger partial charge in [0, 0.05) is 43.9 Å². The van der Waals surface area contributed by atoms with Crippen LogP contribution in [0, 0.1) is 5.41 Å². The molecule has 0 amide bonds. The molecule has 1 aliphatic carbocycles. The predicted octanol–water partition coefficient (Wildman–Crippen LogP) is 3.92. The van der Waals surface area contributed by atoms with Crippen LogP contribution in [0.1, 0.15) is 49.2 Å². The van der Waals surface area contributed by atoms with Gasteiger partial charge in [0.25, 0.3) is 0 Å². The number of carbonyl (C=O) groups excluding carboxylic acids is 1. The van der Waals surface area contributed by atoms with Gasteiger partial charge < -0.3 is 29.8 Å². The topological polar surface area (TPSA) is 88.4 Å². The van der Waals surface area contributed by atoms with Crippen molar-refractivity contribution in [2.24, 2.45) is 5.41 Å². The molecule has 5 rings (SSSR count). The average molecular weight is 479 g/mol. The lowest BCUT2D eigenvalue weighted by atomic mass is 9.61. The number of carbonyl (C=O) groups is 1. The number of anilines is 1. The van der Waals surface area contributed by atoms with E-state index in [2.05, 4.69) is 45.5 Å². The number of aliphatic hydroxyl groups excluding tert-OH is 1. The summed E-state index contributed by atoms with van der Waals surface area (Å²) in [6.07, 6.45) is 5.52. The van der Waals surface area contributed by atoms with Gasteiger partial charge in [-0.05, 0) is 74.3 Å². The van der Waals surface area contributed by atoms with Crippen LogP contribution in [0.5, 0.6) is 5.75 Å². The summed E-state index contributed by atoms with van der Waals surface area (Å²) in [6.45, 7) is 6.16. The van der Waals surface area contributed by atoms with Crippen molar-refractivity contribution in [2.45, 2.75) is 57.6 Å². The van der Waals surface area contributed by atoms with Crippen LogP contribution in [-0.4, -0.2) is 54.8 Å². The molecule has 1 saturated carbocycles. The maximum absolute atomic E-state index is 9.93. The number of fused-ring (bicyclic) bond motifs is 1. The molecule has 1 atom stereocenters. The molecule has 188 valence electrons. The minimum absolute atomic E-state index is 0.322. The Bertz CT molecular complexity index is 1140. The van der Waals surface area contributed by atoms with Crippen LogP contribution in [0.2, 0.25) is 0 Å². The number of imidazole rings is 1. The molecule has 2 fully saturated rings. The first-order valence-corrected chi connectivity index (χ1v) is 12.5. The molecule has 1 unspecified atom stereocenters. The number of nitrogens with zero attached hydrogens (tertiary/aromatic N) is 2. The minimum atomic E-state index is -0.322. The van der Waals surface area contributed by atoms with Crippen molar-refractivity contribution in [2.75, 3.05) is 32.6 Å². The standard InChI is InChI=1S/C27H36N4O2.CH2O/c1-18(32)7-9-22-23(28-2)10-11-24-26(22)30-25(12-8-19-5-4-6-21(13-19)33-3)31(24)20-14-27(15-20)16-29-17-27;1-2/h4-6,10-11,13,18,20,28-29,32H,7-9,12,14-17H2,1-3H3;1H2. The molecule has 3 N–H and O–H groups in total. The van der Waals surface area contributed by atoms with Crippen molar-refractivity contribution >= 4 is 23.5 Å². The number of aromatic nitrogens is 2. The Morgan fingerprint density at radius 1 is 1.23 bits per heavy atom. The predicted molar refractivity (Wildman–Crippen MR) is 140 cm³/mol. The molecule has 1 aromatic heterocycles. The van der Waals surface area contributed by atoms with Crippen LogP contribution in [0.15, 0.2) is 36.4 Å². The minimum Gasteiger partial charge on any atom is -0.497 e. The van der Waals surface area contributed by atoms with E-state index < -0.39 is 0 Å². The molecule has 1 aliphatic heterocycles. The third-order valence-corrected chi connectivity index (χ3v) is 7.60. The summed E-state index contributed by atoms with van der Waals surface area (Å²) in [5.41, 5.74) is 6.44. The normalized spacial score (nSPS) is 17.3. The largest absolute Gasteiger partial charge is 0.497 e. The Labute approximate surface area is 207 Å². The number of aryl methyl sites for hydroxylation is 3. The maximum Gasteiger partial charge on any atom is 0.119 e. The Hall–Kier alpha value is -2.90. The van der Waals surface area contributed by atoms with Crippen molar-refractivity contribution in [3.63, 3.8) is 0 Å². The monoisotopic (exact) mass is 478 g/mol. The summed E-state index contributed by atoms with van der Waals surface area (Å²) in [6, 6.07) is 13.3. The van der Waals surface area contributed by atoms with Gasteiger partial charge in [-0.25, -0.2) is 4.98 Å². The van der Waals surface area contributed by atoms with Crippen LogP contribution in [0.25, 0.3) is 11.0 Å². The first kappa shape index (κ1) is 25.2. The van der Waals surface area contributed by atoms with Crippen molar-refractivity contribution in [3.8, 4) is 5.75 Å². The van der Waals surface area contributed by atoms with E-state index in [9.17, 15) is 5.11 Å². The van der Waals surface area contributed by atoms with Gasteiger partial charge in [-0.15, -0.1) is 0 Å². The van der Waals surface area contributed by atoms with Gasteiger partial charge in [0.15, 0.2) is 0 Å². The SMILES string of the molecule is C=O.CNc1ccc2c(nc(CCc3cccc(OC)c3)n2C2CC3(CNC3)C2)c1CCC(C)O. The summed E-state index contributed by atoms with van der Waals surface area (Å²) >= 11 is 0. The van der Waals surface area contributed by atoms with E-state index in [4.69, 9.17) is 14.5 Å². The Balaban J connectivity index is 0.00000141. The van der Waals surface area contributed by atoms with Crippen LogP contribution < -0.4 is 15.4 Å². The molecule has 0 radical (unpaired) electrons. The van der Waals surface area contributed by atoms with Crippen LogP contribution in [0.3, 0.4) is 0 Å². The number of methoxy groups -OCH3 is 1. The maximum atomic E-state index is 9.93. The van der Waals surface area contributed by atoms with Crippen LogP contribution in [-0.2, 0) is 24.1 Å². The average Bonchev–Trinajstić information content (AvgIpc) is 3.19. The molecular formula is C28H38N4O3. The third-order valence-electron chi connectivity index (χ3n) is 7.60. The second kappa shape index (κ2) is 10.8. The zero-order valence-electron chi connectivity index (χ0n) is 21.1. The van der Waals surface area contributed by atoms with E-state index in [1.165, 1.54) is 35.3 Å². The Morgan fingerprint density at radius 3 is 2.63 bits per heavy atom. The molecule has 0 bridgehead atoms. The molecule has 35 heavy (non-hydrogen) atoms. The van der Waals surface area contributed by atoms with E-state index in [0.29, 0.717) is 11.5 Å².